The molecule has 0 aliphatic rings. The zero-order valence-corrected chi connectivity index (χ0v) is 11.8. The molecule has 1 amide bonds. The molecule has 110 valence electrons. The molecule has 0 saturated carbocycles. The summed E-state index contributed by atoms with van der Waals surface area (Å²) < 4.78 is 0. The van der Waals surface area contributed by atoms with E-state index in [9.17, 15) is 14.9 Å². The summed E-state index contributed by atoms with van der Waals surface area (Å²) in [7, 11) is 0. The number of nitro benzene ring substituents is 1. The van der Waals surface area contributed by atoms with E-state index in [2.05, 4.69) is 0 Å². The van der Waals surface area contributed by atoms with Crippen molar-refractivity contribution in [1.29, 1.82) is 0 Å². The van der Waals surface area contributed by atoms with Crippen molar-refractivity contribution < 1.29 is 14.8 Å². The minimum absolute atomic E-state index is 0.0271. The molecule has 0 unspecified atom stereocenters. The first kappa shape index (κ1) is 16.2. The van der Waals surface area contributed by atoms with E-state index in [0.29, 0.717) is 19.5 Å². The summed E-state index contributed by atoms with van der Waals surface area (Å²) in [5.41, 5.74) is 5.07. The molecule has 3 N–H and O–H groups in total. The second kappa shape index (κ2) is 7.06. The van der Waals surface area contributed by atoms with E-state index >= 15 is 0 Å². The number of halogens is 1. The van der Waals surface area contributed by atoms with Crippen LogP contribution in [-0.2, 0) is 0 Å². The van der Waals surface area contributed by atoms with Gasteiger partial charge in [-0.1, -0.05) is 11.6 Å². The van der Waals surface area contributed by atoms with Crippen LogP contribution in [0.2, 0.25) is 5.02 Å². The van der Waals surface area contributed by atoms with Gasteiger partial charge in [0.2, 0.25) is 0 Å². The molecule has 0 spiro atoms. The van der Waals surface area contributed by atoms with Crippen LogP contribution in [0.25, 0.3) is 0 Å². The summed E-state index contributed by atoms with van der Waals surface area (Å²) in [5.74, 6) is -0.383. The predicted molar refractivity (Wildman–Crippen MR) is 75.8 cm³/mol. The largest absolute Gasteiger partial charge is 0.396 e. The number of carbonyl (C=O) groups is 1. The molecule has 7 nitrogen and oxygen atoms in total. The Kier molecular flexibility index (Phi) is 5.72. The van der Waals surface area contributed by atoms with E-state index in [0.717, 1.165) is 6.07 Å². The van der Waals surface area contributed by atoms with Gasteiger partial charge in [0.25, 0.3) is 11.6 Å². The first-order valence-electron chi connectivity index (χ1n) is 6.05. The first-order valence-corrected chi connectivity index (χ1v) is 6.43. The normalized spacial score (nSPS) is 10.3. The smallest absolute Gasteiger partial charge is 0.294 e. The lowest BCUT2D eigenvalue weighted by molar-refractivity contribution is -0.383. The van der Waals surface area contributed by atoms with Gasteiger partial charge in [-0.15, -0.1) is 0 Å². The zero-order valence-electron chi connectivity index (χ0n) is 11.0. The third-order valence-electron chi connectivity index (χ3n) is 2.81. The number of aliphatic hydroxyl groups excluding tert-OH is 1. The average Bonchev–Trinajstić information content (AvgIpc) is 2.41. The maximum absolute atomic E-state index is 12.2. The fourth-order valence-electron chi connectivity index (χ4n) is 1.73. The Morgan fingerprint density at radius 1 is 1.55 bits per heavy atom. The minimum atomic E-state index is -0.679. The number of amides is 1. The second-order valence-corrected chi connectivity index (χ2v) is 4.52. The van der Waals surface area contributed by atoms with Crippen molar-refractivity contribution in [3.8, 4) is 0 Å². The van der Waals surface area contributed by atoms with Crippen molar-refractivity contribution in [3.05, 3.63) is 32.8 Å². The van der Waals surface area contributed by atoms with Gasteiger partial charge >= 0.3 is 0 Å². The van der Waals surface area contributed by atoms with E-state index in [4.69, 9.17) is 22.4 Å². The number of nitrogen functional groups attached to an aromatic ring is 1. The van der Waals surface area contributed by atoms with Crippen molar-refractivity contribution in [2.45, 2.75) is 13.3 Å². The van der Waals surface area contributed by atoms with Crippen molar-refractivity contribution in [1.82, 2.24) is 4.90 Å². The number of rotatable bonds is 6. The van der Waals surface area contributed by atoms with Crippen LogP contribution in [0.15, 0.2) is 12.1 Å². The molecule has 0 radical (unpaired) electrons. The highest BCUT2D eigenvalue weighted by molar-refractivity contribution is 6.34. The van der Waals surface area contributed by atoms with Gasteiger partial charge in [0.05, 0.1) is 9.95 Å². The number of benzene rings is 1. The minimum Gasteiger partial charge on any atom is -0.396 e. The van der Waals surface area contributed by atoms with Gasteiger partial charge in [0.1, 0.15) is 5.69 Å². The third-order valence-corrected chi connectivity index (χ3v) is 3.12. The van der Waals surface area contributed by atoms with E-state index < -0.39 is 4.92 Å². The van der Waals surface area contributed by atoms with Crippen molar-refractivity contribution in [2.75, 3.05) is 25.4 Å². The summed E-state index contributed by atoms with van der Waals surface area (Å²) in [6.45, 7) is 2.53. The number of hydrogen-bond acceptors (Lipinski definition) is 5. The Morgan fingerprint density at radius 3 is 2.70 bits per heavy atom. The molecule has 0 heterocycles. The van der Waals surface area contributed by atoms with Crippen LogP contribution in [0, 0.1) is 10.1 Å². The monoisotopic (exact) mass is 301 g/mol. The molecule has 1 rings (SSSR count). The van der Waals surface area contributed by atoms with Crippen molar-refractivity contribution in [2.24, 2.45) is 0 Å². The molecule has 1 aromatic rings. The van der Waals surface area contributed by atoms with Gasteiger partial charge in [-0.2, -0.15) is 0 Å². The Hall–Kier alpha value is -1.86. The van der Waals surface area contributed by atoms with Gasteiger partial charge in [-0.05, 0) is 19.4 Å². The molecule has 0 aromatic heterocycles. The van der Waals surface area contributed by atoms with Crippen LogP contribution in [0.3, 0.4) is 0 Å². The first-order chi connectivity index (χ1) is 9.42. The molecule has 0 saturated heterocycles. The summed E-state index contributed by atoms with van der Waals surface area (Å²) in [5, 5.41) is 19.6. The van der Waals surface area contributed by atoms with Gasteiger partial charge < -0.3 is 15.7 Å². The Morgan fingerprint density at radius 2 is 2.20 bits per heavy atom. The SMILES string of the molecule is CCN(CCCO)C(=O)c1cc(Cl)c(N)c([N+](=O)[O-])c1. The maximum atomic E-state index is 12.2. The van der Waals surface area contributed by atoms with E-state index in [1.165, 1.54) is 11.0 Å². The average molecular weight is 302 g/mol. The number of nitrogens with zero attached hydrogens (tertiary/aromatic N) is 2. The molecule has 0 bridgehead atoms. The Bertz CT molecular complexity index is 522. The number of carbonyl (C=O) groups excluding carboxylic acids is 1. The number of nitrogens with two attached hydrogens (primary N) is 1. The highest BCUT2D eigenvalue weighted by atomic mass is 35.5. The summed E-state index contributed by atoms with van der Waals surface area (Å²) in [4.78, 5) is 23.9. The fraction of sp³-hybridized carbons (Fsp3) is 0.417. The van der Waals surface area contributed by atoms with Crippen LogP contribution in [0.4, 0.5) is 11.4 Å². The number of anilines is 1. The van der Waals surface area contributed by atoms with Gasteiger partial charge in [0, 0.05) is 31.3 Å². The third kappa shape index (κ3) is 3.58. The molecule has 0 atom stereocenters. The van der Waals surface area contributed by atoms with E-state index in [-0.39, 0.29) is 34.5 Å². The number of aliphatic hydroxyl groups is 1. The molecule has 1 aromatic carbocycles. The molecule has 0 aliphatic carbocycles. The van der Waals surface area contributed by atoms with Crippen LogP contribution < -0.4 is 5.73 Å². The van der Waals surface area contributed by atoms with Crippen molar-refractivity contribution in [3.63, 3.8) is 0 Å². The maximum Gasteiger partial charge on any atom is 0.294 e. The van der Waals surface area contributed by atoms with Gasteiger partial charge in [0.15, 0.2) is 0 Å². The molecular formula is C12H16ClN3O4. The standard InChI is InChI=1S/C12H16ClN3O4/c1-2-15(4-3-5-17)12(18)8-6-9(13)11(14)10(7-8)16(19)20/h6-7,17H,2-5,14H2,1H3. The van der Waals surface area contributed by atoms with Crippen LogP contribution in [0.1, 0.15) is 23.7 Å². The van der Waals surface area contributed by atoms with Crippen LogP contribution >= 0.6 is 11.6 Å². The van der Waals surface area contributed by atoms with E-state index in [1.807, 2.05) is 0 Å². The van der Waals surface area contributed by atoms with Gasteiger partial charge in [-0.3, -0.25) is 14.9 Å². The highest BCUT2D eigenvalue weighted by Gasteiger charge is 2.21. The summed E-state index contributed by atoms with van der Waals surface area (Å²) >= 11 is 5.82. The number of nitro groups is 1. The predicted octanol–water partition coefficient (Wildman–Crippen LogP) is 1.67. The quantitative estimate of drug-likeness (QED) is 0.472. The lowest BCUT2D eigenvalue weighted by atomic mass is 10.1. The second-order valence-electron chi connectivity index (χ2n) is 4.11. The fourth-order valence-corrected chi connectivity index (χ4v) is 1.94. The molecule has 0 aliphatic heterocycles. The molecule has 0 fully saturated rings. The lowest BCUT2D eigenvalue weighted by Crippen LogP contribution is -2.32. The topological polar surface area (TPSA) is 110 Å². The Labute approximate surface area is 121 Å². The van der Waals surface area contributed by atoms with Crippen molar-refractivity contribution >= 4 is 28.9 Å². The van der Waals surface area contributed by atoms with Crippen LogP contribution in [-0.4, -0.2) is 40.5 Å². The van der Waals surface area contributed by atoms with Crippen LogP contribution in [0.5, 0.6) is 0 Å². The highest BCUT2D eigenvalue weighted by Crippen LogP contribution is 2.31. The van der Waals surface area contributed by atoms with Gasteiger partial charge in [-0.25, -0.2) is 0 Å². The molecule has 8 heteroatoms. The molecular weight excluding hydrogens is 286 g/mol. The molecule has 20 heavy (non-hydrogen) atoms. The summed E-state index contributed by atoms with van der Waals surface area (Å²) in [6.07, 6.45) is 0.435. The lowest BCUT2D eigenvalue weighted by Gasteiger charge is -2.20. The summed E-state index contributed by atoms with van der Waals surface area (Å²) in [6, 6.07) is 2.43. The number of hydrogen-bond donors (Lipinski definition) is 2. The Balaban J connectivity index is 3.12. The van der Waals surface area contributed by atoms with E-state index in [1.54, 1.807) is 6.92 Å². The zero-order chi connectivity index (χ0) is 15.3.